The molecule has 12 saturated carbocycles. The summed E-state index contributed by atoms with van der Waals surface area (Å²) in [5.74, 6) is 7.49. The zero-order chi connectivity index (χ0) is 21.7. The third-order valence-electron chi connectivity index (χ3n) is 14.9. The van der Waals surface area contributed by atoms with Gasteiger partial charge in [-0.25, -0.2) is 0 Å². The van der Waals surface area contributed by atoms with Gasteiger partial charge in [-0.2, -0.15) is 0 Å². The fourth-order valence-corrected chi connectivity index (χ4v) is 12.1. The molecule has 12 rings (SSSR count). The van der Waals surface area contributed by atoms with Crippen LogP contribution in [0.5, 0.6) is 0 Å². The molecule has 12 aliphatic rings. The third kappa shape index (κ3) is 2.22. The number of fused-ring (bicyclic) bond motifs is 7. The molecule has 0 aliphatic heterocycles. The molecule has 0 aromatic carbocycles. The molecule has 0 nitrogen and oxygen atoms in total. The first-order chi connectivity index (χ1) is 14.5. The lowest BCUT2D eigenvalue weighted by atomic mass is 8.93. The topological polar surface area (TPSA) is 0 Å². The van der Waals surface area contributed by atoms with E-state index < -0.39 is 0 Å². The highest BCUT2D eigenvalue weighted by Gasteiger charge is 3.06. The van der Waals surface area contributed by atoms with E-state index in [0.717, 1.165) is 32.5 Å². The van der Waals surface area contributed by atoms with E-state index >= 15 is 0 Å². The second-order valence-corrected chi connectivity index (χ2v) is 16.5. The van der Waals surface area contributed by atoms with Crippen molar-refractivity contribution in [2.75, 3.05) is 0 Å². The van der Waals surface area contributed by atoms with Gasteiger partial charge in [0, 0.05) is 0 Å². The molecule has 0 N–H and O–H groups in total. The monoisotopic (exact) mass is 422 g/mol. The van der Waals surface area contributed by atoms with Gasteiger partial charge in [-0.3, -0.25) is 0 Å². The van der Waals surface area contributed by atoms with Crippen LogP contribution >= 0.6 is 0 Å². The van der Waals surface area contributed by atoms with Crippen molar-refractivity contribution in [3.8, 4) is 0 Å². The van der Waals surface area contributed by atoms with E-state index in [4.69, 9.17) is 0 Å². The van der Waals surface area contributed by atoms with Crippen LogP contribution in [-0.2, 0) is 0 Å². The molecule has 0 heterocycles. The van der Waals surface area contributed by atoms with E-state index in [1.807, 2.05) is 0 Å². The Labute approximate surface area is 193 Å². The normalized spacial score (nSPS) is 68.7. The minimum atomic E-state index is 0.746. The van der Waals surface area contributed by atoms with Crippen LogP contribution in [0.2, 0.25) is 0 Å². The zero-order valence-electron chi connectivity index (χ0n) is 21.7. The molecule has 0 aromatic rings. The van der Waals surface area contributed by atoms with Gasteiger partial charge in [-0.1, -0.05) is 48.0 Å². The summed E-state index contributed by atoms with van der Waals surface area (Å²) in [5.41, 5.74) is 4.90. The van der Waals surface area contributed by atoms with Gasteiger partial charge < -0.3 is 0 Å². The van der Waals surface area contributed by atoms with Gasteiger partial charge in [0.25, 0.3) is 0 Å². The Balaban J connectivity index is 0.0000000828. The molecule has 12 fully saturated rings. The summed E-state index contributed by atoms with van der Waals surface area (Å²) in [6, 6.07) is 0. The molecule has 0 atom stereocenters. The molecule has 0 radical (unpaired) electrons. The molecule has 31 heavy (non-hydrogen) atoms. The van der Waals surface area contributed by atoms with Crippen LogP contribution in [-0.4, -0.2) is 0 Å². The van der Waals surface area contributed by atoms with E-state index in [1.54, 1.807) is 0 Å². The van der Waals surface area contributed by atoms with Crippen molar-refractivity contribution in [1.29, 1.82) is 0 Å². The maximum absolute atomic E-state index is 2.56. The number of hydrogen-bond acceptors (Lipinski definition) is 0. The molecule has 0 heteroatoms. The smallest absolute Gasteiger partial charge is 0.0223 e. The fraction of sp³-hybridized carbons (Fsp3) is 1.00. The summed E-state index contributed by atoms with van der Waals surface area (Å²) in [5, 5.41) is 0. The summed E-state index contributed by atoms with van der Waals surface area (Å²) in [6.07, 6.45) is 19.5. The predicted octanol–water partition coefficient (Wildman–Crippen LogP) is 8.89. The second-order valence-electron chi connectivity index (χ2n) is 16.5. The summed E-state index contributed by atoms with van der Waals surface area (Å²) in [7, 11) is 0. The lowest BCUT2D eigenvalue weighted by Crippen LogP contribution is -3.08. The van der Waals surface area contributed by atoms with Crippen molar-refractivity contribution in [2.45, 2.75) is 125 Å². The number of rotatable bonds is 0. The Morgan fingerprint density at radius 3 is 0.742 bits per heavy atom. The lowest BCUT2D eigenvalue weighted by molar-refractivity contribution is -0.649. The van der Waals surface area contributed by atoms with Crippen LogP contribution in [0.3, 0.4) is 0 Å². The maximum Gasteiger partial charge on any atom is -0.0223 e. The van der Waals surface area contributed by atoms with E-state index in [0.29, 0.717) is 0 Å². The first-order valence-corrected chi connectivity index (χ1v) is 14.5. The Hall–Kier alpha value is 0. The van der Waals surface area contributed by atoms with Crippen LogP contribution in [0.15, 0.2) is 0 Å². The van der Waals surface area contributed by atoms with Crippen LogP contribution in [0.25, 0.3) is 0 Å². The Kier molecular flexibility index (Phi) is 3.69. The highest BCUT2D eigenvalue weighted by atomic mass is 15.1. The Morgan fingerprint density at radius 1 is 0.323 bits per heavy atom. The summed E-state index contributed by atoms with van der Waals surface area (Å²) in [6.45, 7) is 15.1. The fourth-order valence-electron chi connectivity index (χ4n) is 12.1. The van der Waals surface area contributed by atoms with Crippen LogP contribution in [0, 0.1) is 68.0 Å². The maximum atomic E-state index is 2.56. The van der Waals surface area contributed by atoms with Crippen molar-refractivity contribution >= 4 is 0 Å². The average molecular weight is 423 g/mol. The van der Waals surface area contributed by atoms with Crippen molar-refractivity contribution in [1.82, 2.24) is 0 Å². The predicted molar refractivity (Wildman–Crippen MR) is 130 cm³/mol. The van der Waals surface area contributed by atoms with E-state index in [2.05, 4.69) is 41.5 Å². The minimum absolute atomic E-state index is 0.746. The first kappa shape index (κ1) is 20.4. The molecule has 12 aliphatic carbocycles. The van der Waals surface area contributed by atoms with Gasteiger partial charge in [-0.05, 0) is 145 Å². The largest absolute Gasteiger partial charge is 0.0596 e. The van der Waals surface area contributed by atoms with Crippen LogP contribution < -0.4 is 0 Å². The Morgan fingerprint density at radius 2 is 0.516 bits per heavy atom. The van der Waals surface area contributed by atoms with Crippen LogP contribution in [0.1, 0.15) is 125 Å². The standard InChI is InChI=1S/C11H20.C10H12.C10H18/c1-10-4-3-5-11(2,8-6-10)9-7-10;1-9-3-6-4(9)8-5(9)7(3)10(6,8)2;1-9-3-6-10(2,7-4-9)8-5-9/h3-9H2,1-2H3;3-8H,1-2H3;3-8H2,1-2H3. The third-order valence-corrected chi connectivity index (χ3v) is 14.9. The number of hydrogen-bond donors (Lipinski definition) is 0. The lowest BCUT2D eigenvalue weighted by Gasteiger charge is -3.11. The molecular formula is C31H50. The van der Waals surface area contributed by atoms with Gasteiger partial charge in [0.05, 0.1) is 0 Å². The van der Waals surface area contributed by atoms with Gasteiger partial charge in [0.15, 0.2) is 0 Å². The molecular weight excluding hydrogens is 372 g/mol. The molecule has 0 unspecified atom stereocenters. The summed E-state index contributed by atoms with van der Waals surface area (Å²) in [4.78, 5) is 0. The molecule has 174 valence electrons. The molecule has 0 saturated heterocycles. The Bertz CT molecular complexity index is 647. The minimum Gasteiger partial charge on any atom is -0.0596 e. The highest BCUT2D eigenvalue weighted by molar-refractivity contribution is 5.53. The van der Waals surface area contributed by atoms with Gasteiger partial charge in [-0.15, -0.1) is 0 Å². The first-order valence-electron chi connectivity index (χ1n) is 14.5. The summed E-state index contributed by atoms with van der Waals surface area (Å²) < 4.78 is 0. The summed E-state index contributed by atoms with van der Waals surface area (Å²) >= 11 is 0. The second kappa shape index (κ2) is 5.62. The van der Waals surface area contributed by atoms with Crippen molar-refractivity contribution in [3.05, 3.63) is 0 Å². The molecule has 0 amide bonds. The van der Waals surface area contributed by atoms with Crippen molar-refractivity contribution in [3.63, 3.8) is 0 Å². The van der Waals surface area contributed by atoms with Gasteiger partial charge in [0.1, 0.15) is 0 Å². The van der Waals surface area contributed by atoms with E-state index in [9.17, 15) is 0 Å². The highest BCUT2D eigenvalue weighted by Crippen LogP contribution is 3.10. The van der Waals surface area contributed by atoms with Gasteiger partial charge in [0.2, 0.25) is 0 Å². The zero-order valence-corrected chi connectivity index (χ0v) is 21.7. The van der Waals surface area contributed by atoms with Gasteiger partial charge >= 0.3 is 0 Å². The molecule has 0 aromatic heterocycles. The molecule has 0 spiro atoms. The SMILES string of the molecule is CC12C3C4C1C1C2C3C41C.CC12CCC(C)(CC1)CC2.CC12CCCC(C)(CC1)CC2. The van der Waals surface area contributed by atoms with Crippen molar-refractivity contribution < 1.29 is 0 Å². The van der Waals surface area contributed by atoms with Crippen LogP contribution in [0.4, 0.5) is 0 Å². The quantitative estimate of drug-likeness (QED) is 0.365. The van der Waals surface area contributed by atoms with Crippen molar-refractivity contribution in [2.24, 2.45) is 68.0 Å². The molecule has 4 bridgehead atoms. The average Bonchev–Trinajstić information content (AvgIpc) is 3.01. The van der Waals surface area contributed by atoms with E-state index in [-0.39, 0.29) is 0 Å². The van der Waals surface area contributed by atoms with E-state index in [1.165, 1.54) is 119 Å².